The van der Waals surface area contributed by atoms with Gasteiger partial charge in [0.1, 0.15) is 12.7 Å². The number of benzene rings is 2. The van der Waals surface area contributed by atoms with Crippen LogP contribution in [0.15, 0.2) is 60.7 Å². The quantitative estimate of drug-likeness (QED) is 0.445. The van der Waals surface area contributed by atoms with E-state index in [9.17, 15) is 19.8 Å². The fourth-order valence-corrected chi connectivity index (χ4v) is 4.97. The molecular formula is C25H25NO5S. The summed E-state index contributed by atoms with van der Waals surface area (Å²) in [4.78, 5) is 24.7. The highest BCUT2D eigenvalue weighted by Gasteiger charge is 2.29. The minimum atomic E-state index is -1.11. The molecule has 0 aliphatic heterocycles. The number of aliphatic hydroxyl groups excluding tert-OH is 2. The van der Waals surface area contributed by atoms with Crippen LogP contribution in [-0.4, -0.2) is 41.3 Å². The Morgan fingerprint density at radius 1 is 1.00 bits per heavy atom. The minimum absolute atomic E-state index is 0.0186. The van der Waals surface area contributed by atoms with Crippen molar-refractivity contribution in [3.05, 3.63) is 81.5 Å². The molecule has 1 aliphatic carbocycles. The first kappa shape index (κ1) is 22.2. The average Bonchev–Trinajstić information content (AvgIpc) is 3.41. The highest BCUT2D eigenvalue weighted by atomic mass is 32.1. The van der Waals surface area contributed by atoms with Crippen molar-refractivity contribution in [3.63, 3.8) is 0 Å². The van der Waals surface area contributed by atoms with Gasteiger partial charge in [0.15, 0.2) is 5.78 Å². The highest BCUT2D eigenvalue weighted by Crippen LogP contribution is 2.44. The molecular weight excluding hydrogens is 426 g/mol. The summed E-state index contributed by atoms with van der Waals surface area (Å²) in [5.74, 6) is -0.102. The fraction of sp³-hybridized carbons (Fsp3) is 0.280. The Bertz CT molecular complexity index is 1080. The van der Waals surface area contributed by atoms with E-state index in [1.165, 1.54) is 6.92 Å². The molecule has 1 aromatic heterocycles. The number of carbonyl (C=O) groups is 2. The number of amides is 1. The molecule has 1 amide bonds. The zero-order valence-corrected chi connectivity index (χ0v) is 18.5. The lowest BCUT2D eigenvalue weighted by Gasteiger charge is -2.17. The molecule has 4 rings (SSSR count). The van der Waals surface area contributed by atoms with Crippen molar-refractivity contribution in [2.24, 2.45) is 0 Å². The summed E-state index contributed by atoms with van der Waals surface area (Å²) in [6, 6.07) is 19.5. The van der Waals surface area contributed by atoms with E-state index in [-0.39, 0.29) is 31.3 Å². The third-order valence-electron chi connectivity index (χ3n) is 5.68. The van der Waals surface area contributed by atoms with Crippen LogP contribution < -0.4 is 5.32 Å². The summed E-state index contributed by atoms with van der Waals surface area (Å²) in [7, 11) is 0. The summed E-state index contributed by atoms with van der Waals surface area (Å²) >= 11 is 1.16. The molecule has 3 aromatic rings. The molecule has 0 radical (unpaired) electrons. The first-order chi connectivity index (χ1) is 15.5. The molecule has 3 N–H and O–H groups in total. The standard InChI is InChI=1S/C25H25NO5S/c1-15(27)22-10-11-23(32-22)24(29)21(28)12-13-26-25(30)31-14-20-18-8-4-2-6-16(18)17-7-3-5-9-19(17)20/h2-11,20-21,24,28-29H,12-14H2,1H3,(H,26,30). The third-order valence-corrected chi connectivity index (χ3v) is 6.94. The van der Waals surface area contributed by atoms with Crippen LogP contribution in [0.2, 0.25) is 0 Å². The number of Topliss-reactive ketones (excluding diaryl/α,β-unsaturated/α-hetero) is 1. The lowest BCUT2D eigenvalue weighted by atomic mass is 9.98. The summed E-state index contributed by atoms with van der Waals surface area (Å²) in [5, 5.41) is 23.2. The number of rotatable bonds is 8. The van der Waals surface area contributed by atoms with E-state index in [2.05, 4.69) is 29.6 Å². The van der Waals surface area contributed by atoms with Crippen molar-refractivity contribution in [2.75, 3.05) is 13.2 Å². The number of fused-ring (bicyclic) bond motifs is 3. The number of aliphatic hydroxyl groups is 2. The maximum atomic E-state index is 12.2. The first-order valence-electron chi connectivity index (χ1n) is 10.5. The third kappa shape index (κ3) is 4.60. The molecule has 0 saturated carbocycles. The molecule has 2 unspecified atom stereocenters. The average molecular weight is 452 g/mol. The van der Waals surface area contributed by atoms with Crippen LogP contribution in [0.25, 0.3) is 11.1 Å². The van der Waals surface area contributed by atoms with Gasteiger partial charge < -0.3 is 20.3 Å². The van der Waals surface area contributed by atoms with Crippen LogP contribution in [0, 0.1) is 0 Å². The highest BCUT2D eigenvalue weighted by molar-refractivity contribution is 7.14. The molecule has 0 fully saturated rings. The van der Waals surface area contributed by atoms with Gasteiger partial charge in [0.25, 0.3) is 0 Å². The largest absolute Gasteiger partial charge is 0.449 e. The summed E-state index contributed by atoms with van der Waals surface area (Å²) in [5.41, 5.74) is 4.60. The van der Waals surface area contributed by atoms with Gasteiger partial charge in [-0.2, -0.15) is 0 Å². The van der Waals surface area contributed by atoms with Crippen LogP contribution in [0.4, 0.5) is 4.79 Å². The first-order valence-corrected chi connectivity index (χ1v) is 11.3. The van der Waals surface area contributed by atoms with Crippen molar-refractivity contribution >= 4 is 23.2 Å². The second-order valence-corrected chi connectivity index (χ2v) is 8.93. The lowest BCUT2D eigenvalue weighted by Crippen LogP contribution is -2.30. The van der Waals surface area contributed by atoms with Gasteiger partial charge >= 0.3 is 6.09 Å². The topological polar surface area (TPSA) is 95.9 Å². The number of hydrogen-bond donors (Lipinski definition) is 3. The van der Waals surface area contributed by atoms with Gasteiger partial charge in [-0.15, -0.1) is 11.3 Å². The number of ether oxygens (including phenoxy) is 1. The number of hydrogen-bond acceptors (Lipinski definition) is 6. The van der Waals surface area contributed by atoms with Gasteiger partial charge in [-0.3, -0.25) is 4.79 Å². The van der Waals surface area contributed by atoms with Crippen molar-refractivity contribution in [1.29, 1.82) is 0 Å². The molecule has 2 aromatic carbocycles. The van der Waals surface area contributed by atoms with Gasteiger partial charge in [0.05, 0.1) is 11.0 Å². The molecule has 166 valence electrons. The lowest BCUT2D eigenvalue weighted by molar-refractivity contribution is 0.0158. The molecule has 1 aliphatic rings. The zero-order chi connectivity index (χ0) is 22.7. The minimum Gasteiger partial charge on any atom is -0.449 e. The van der Waals surface area contributed by atoms with Gasteiger partial charge in [0.2, 0.25) is 0 Å². The van der Waals surface area contributed by atoms with Crippen molar-refractivity contribution < 1.29 is 24.5 Å². The zero-order valence-electron chi connectivity index (χ0n) is 17.7. The van der Waals surface area contributed by atoms with Crippen molar-refractivity contribution in [2.45, 2.75) is 31.5 Å². The number of carbonyl (C=O) groups excluding carboxylic acids is 2. The molecule has 6 nitrogen and oxygen atoms in total. The second-order valence-electron chi connectivity index (χ2n) is 7.81. The fourth-order valence-electron chi connectivity index (χ4n) is 4.02. The molecule has 7 heteroatoms. The van der Waals surface area contributed by atoms with E-state index >= 15 is 0 Å². The van der Waals surface area contributed by atoms with Crippen LogP contribution >= 0.6 is 11.3 Å². The summed E-state index contributed by atoms with van der Waals surface area (Å²) < 4.78 is 5.47. The molecule has 32 heavy (non-hydrogen) atoms. The van der Waals surface area contributed by atoms with Crippen LogP contribution in [0.1, 0.15) is 51.0 Å². The Balaban J connectivity index is 1.27. The Morgan fingerprint density at radius 3 is 2.22 bits per heavy atom. The Morgan fingerprint density at radius 2 is 1.62 bits per heavy atom. The number of nitrogens with one attached hydrogen (secondary N) is 1. The van der Waals surface area contributed by atoms with Gasteiger partial charge in [-0.1, -0.05) is 48.5 Å². The van der Waals surface area contributed by atoms with Gasteiger partial charge in [-0.05, 0) is 47.7 Å². The van der Waals surface area contributed by atoms with Crippen LogP contribution in [-0.2, 0) is 4.74 Å². The van der Waals surface area contributed by atoms with Crippen molar-refractivity contribution in [1.82, 2.24) is 5.32 Å². The van der Waals surface area contributed by atoms with Gasteiger partial charge in [0, 0.05) is 17.3 Å². The maximum Gasteiger partial charge on any atom is 0.407 e. The van der Waals surface area contributed by atoms with E-state index in [1.807, 2.05) is 24.3 Å². The Kier molecular flexibility index (Phi) is 6.69. The smallest absolute Gasteiger partial charge is 0.407 e. The number of alkyl carbamates (subject to hydrolysis) is 1. The summed E-state index contributed by atoms with van der Waals surface area (Å²) in [6.07, 6.45) is -2.60. The van der Waals surface area contributed by atoms with E-state index in [0.717, 1.165) is 33.6 Å². The second kappa shape index (κ2) is 9.65. The van der Waals surface area contributed by atoms with E-state index in [4.69, 9.17) is 4.74 Å². The molecule has 1 heterocycles. The molecule has 0 bridgehead atoms. The van der Waals surface area contributed by atoms with E-state index < -0.39 is 18.3 Å². The van der Waals surface area contributed by atoms with Crippen LogP contribution in [0.5, 0.6) is 0 Å². The Labute approximate surface area is 190 Å². The Hall–Kier alpha value is -3.00. The molecule has 0 spiro atoms. The normalized spacial score (nSPS) is 14.3. The van der Waals surface area contributed by atoms with Crippen LogP contribution in [0.3, 0.4) is 0 Å². The summed E-state index contributed by atoms with van der Waals surface area (Å²) in [6.45, 7) is 1.82. The van der Waals surface area contributed by atoms with E-state index in [1.54, 1.807) is 12.1 Å². The number of ketones is 1. The van der Waals surface area contributed by atoms with E-state index in [0.29, 0.717) is 9.75 Å². The predicted octanol–water partition coefficient (Wildman–Crippen LogP) is 4.27. The number of thiophene rings is 1. The SMILES string of the molecule is CC(=O)c1ccc(C(O)C(O)CCNC(=O)OCC2c3ccccc3-c3ccccc32)s1. The van der Waals surface area contributed by atoms with Crippen molar-refractivity contribution in [3.8, 4) is 11.1 Å². The predicted molar refractivity (Wildman–Crippen MR) is 123 cm³/mol. The monoisotopic (exact) mass is 451 g/mol. The van der Waals surface area contributed by atoms with Gasteiger partial charge in [-0.25, -0.2) is 4.79 Å². The molecule has 2 atom stereocenters. The molecule has 0 saturated heterocycles. The maximum absolute atomic E-state index is 12.2.